The molecule has 2 aromatic carbocycles. The molecule has 0 aromatic heterocycles. The molecule has 1 fully saturated rings. The van der Waals surface area contributed by atoms with Gasteiger partial charge in [-0.2, -0.15) is 0 Å². The minimum absolute atomic E-state index is 0.162. The van der Waals surface area contributed by atoms with Gasteiger partial charge in [-0.25, -0.2) is 4.79 Å². The van der Waals surface area contributed by atoms with Crippen molar-refractivity contribution in [1.82, 2.24) is 0 Å². The fourth-order valence-electron chi connectivity index (χ4n) is 4.99. The molecule has 216 valence electrons. The number of ether oxygens (including phenoxy) is 4. The molecule has 5 heteroatoms. The number of carbonyl (C=O) groups excluding carboxylic acids is 1. The van der Waals surface area contributed by atoms with Crippen LogP contribution in [0.3, 0.4) is 0 Å². The molecule has 2 aromatic rings. The number of unbranched alkanes of at least 4 members (excludes halogenated alkanes) is 10. The highest BCUT2D eigenvalue weighted by Gasteiger charge is 2.29. The Kier molecular flexibility index (Phi) is 14.4. The van der Waals surface area contributed by atoms with Crippen molar-refractivity contribution in [3.8, 4) is 11.5 Å². The second-order valence-electron chi connectivity index (χ2n) is 10.9. The number of hydrogen-bond acceptors (Lipinski definition) is 5. The third kappa shape index (κ3) is 11.3. The summed E-state index contributed by atoms with van der Waals surface area (Å²) in [5.74, 6) is 1.33. The molecule has 3 atom stereocenters. The molecular weight excluding hydrogens is 488 g/mol. The molecule has 0 aliphatic carbocycles. The largest absolute Gasteiger partial charge is 0.494 e. The molecule has 1 aliphatic rings. The molecule has 0 N–H and O–H groups in total. The average Bonchev–Trinajstić information content (AvgIpc) is 2.96. The summed E-state index contributed by atoms with van der Waals surface area (Å²) in [6.45, 7) is 8.05. The molecular formula is C34H50O5. The van der Waals surface area contributed by atoms with E-state index >= 15 is 0 Å². The van der Waals surface area contributed by atoms with Crippen LogP contribution in [0.1, 0.15) is 126 Å². The normalized spacial score (nSPS) is 19.1. The quantitative estimate of drug-likeness (QED) is 0.107. The van der Waals surface area contributed by atoms with E-state index in [1.54, 1.807) is 24.3 Å². The van der Waals surface area contributed by atoms with Gasteiger partial charge in [0.25, 0.3) is 0 Å². The van der Waals surface area contributed by atoms with Crippen LogP contribution >= 0.6 is 0 Å². The van der Waals surface area contributed by atoms with Crippen LogP contribution in [-0.2, 0) is 9.47 Å². The molecule has 5 nitrogen and oxygen atoms in total. The van der Waals surface area contributed by atoms with Crippen molar-refractivity contribution in [1.29, 1.82) is 0 Å². The van der Waals surface area contributed by atoms with E-state index in [4.69, 9.17) is 18.9 Å². The van der Waals surface area contributed by atoms with Gasteiger partial charge in [0.1, 0.15) is 11.5 Å². The van der Waals surface area contributed by atoms with E-state index in [9.17, 15) is 4.79 Å². The Balaban J connectivity index is 1.37. The smallest absolute Gasteiger partial charge is 0.343 e. The highest BCUT2D eigenvalue weighted by Crippen LogP contribution is 2.32. The van der Waals surface area contributed by atoms with Gasteiger partial charge in [-0.1, -0.05) is 96.6 Å². The zero-order chi connectivity index (χ0) is 27.7. The van der Waals surface area contributed by atoms with Crippen molar-refractivity contribution in [3.63, 3.8) is 0 Å². The minimum Gasteiger partial charge on any atom is -0.494 e. The Hall–Kier alpha value is -2.37. The van der Waals surface area contributed by atoms with Crippen LogP contribution in [0, 0.1) is 5.92 Å². The molecule has 0 saturated carbocycles. The highest BCUT2D eigenvalue weighted by molar-refractivity contribution is 5.91. The van der Waals surface area contributed by atoms with Crippen LogP contribution in [-0.4, -0.2) is 25.3 Å². The number of benzene rings is 2. The van der Waals surface area contributed by atoms with Crippen molar-refractivity contribution >= 4 is 5.97 Å². The van der Waals surface area contributed by atoms with Crippen molar-refractivity contribution in [2.45, 2.75) is 117 Å². The second-order valence-corrected chi connectivity index (χ2v) is 10.9. The molecule has 3 rings (SSSR count). The Morgan fingerprint density at radius 1 is 0.769 bits per heavy atom. The first-order valence-electron chi connectivity index (χ1n) is 15.4. The van der Waals surface area contributed by atoms with Crippen molar-refractivity contribution in [2.75, 3.05) is 13.2 Å². The van der Waals surface area contributed by atoms with Crippen LogP contribution in [0.15, 0.2) is 48.5 Å². The number of carbonyl (C=O) groups is 1. The monoisotopic (exact) mass is 538 g/mol. The lowest BCUT2D eigenvalue weighted by atomic mass is 9.95. The van der Waals surface area contributed by atoms with Gasteiger partial charge < -0.3 is 18.9 Å². The maximum atomic E-state index is 12.6. The summed E-state index contributed by atoms with van der Waals surface area (Å²) < 4.78 is 23.7. The van der Waals surface area contributed by atoms with E-state index < -0.39 is 0 Å². The van der Waals surface area contributed by atoms with E-state index in [-0.39, 0.29) is 18.4 Å². The van der Waals surface area contributed by atoms with Gasteiger partial charge in [-0.05, 0) is 56.2 Å². The van der Waals surface area contributed by atoms with Crippen molar-refractivity contribution in [2.24, 2.45) is 5.92 Å². The van der Waals surface area contributed by atoms with Gasteiger partial charge in [0, 0.05) is 11.5 Å². The summed E-state index contributed by atoms with van der Waals surface area (Å²) in [5, 5.41) is 0. The van der Waals surface area contributed by atoms with E-state index in [1.807, 2.05) is 24.3 Å². The maximum absolute atomic E-state index is 12.6. The summed E-state index contributed by atoms with van der Waals surface area (Å²) in [5.41, 5.74) is 1.43. The summed E-state index contributed by atoms with van der Waals surface area (Å²) in [7, 11) is 0. The third-order valence-electron chi connectivity index (χ3n) is 7.61. The SMILES string of the molecule is CCCCCCCCOc1ccc(C(=O)Oc2ccc([C@@H]3OC[C@@H](CCCCCCCC)[C@H](C)O3)cc2)cc1. The van der Waals surface area contributed by atoms with Crippen LogP contribution in [0.4, 0.5) is 0 Å². The molecule has 0 unspecified atom stereocenters. The zero-order valence-electron chi connectivity index (χ0n) is 24.5. The van der Waals surface area contributed by atoms with Crippen LogP contribution < -0.4 is 9.47 Å². The third-order valence-corrected chi connectivity index (χ3v) is 7.61. The highest BCUT2D eigenvalue weighted by atomic mass is 16.7. The summed E-state index contributed by atoms with van der Waals surface area (Å²) >= 11 is 0. The lowest BCUT2D eigenvalue weighted by Gasteiger charge is -2.35. The summed E-state index contributed by atoms with van der Waals surface area (Å²) in [4.78, 5) is 12.6. The van der Waals surface area contributed by atoms with Crippen molar-refractivity contribution < 1.29 is 23.7 Å². The predicted molar refractivity (Wildman–Crippen MR) is 157 cm³/mol. The van der Waals surface area contributed by atoms with Gasteiger partial charge in [-0.15, -0.1) is 0 Å². The fraction of sp³-hybridized carbons (Fsp3) is 0.618. The molecule has 0 amide bonds. The average molecular weight is 539 g/mol. The molecule has 1 heterocycles. The first-order valence-corrected chi connectivity index (χ1v) is 15.4. The van der Waals surface area contributed by atoms with Crippen molar-refractivity contribution in [3.05, 3.63) is 59.7 Å². The first kappa shape index (κ1) is 31.2. The molecule has 1 saturated heterocycles. The second kappa shape index (κ2) is 18.1. The van der Waals surface area contributed by atoms with Crippen LogP contribution in [0.5, 0.6) is 11.5 Å². The van der Waals surface area contributed by atoms with Gasteiger partial charge in [0.05, 0.1) is 24.9 Å². The van der Waals surface area contributed by atoms with Gasteiger partial charge in [-0.3, -0.25) is 0 Å². The fourth-order valence-corrected chi connectivity index (χ4v) is 4.99. The van der Waals surface area contributed by atoms with E-state index in [2.05, 4.69) is 20.8 Å². The summed E-state index contributed by atoms with van der Waals surface area (Å²) in [6, 6.07) is 14.6. The Morgan fingerprint density at radius 2 is 1.36 bits per heavy atom. The predicted octanol–water partition coefficient (Wildman–Crippen LogP) is 9.45. The Morgan fingerprint density at radius 3 is 2.00 bits per heavy atom. The number of rotatable bonds is 18. The maximum Gasteiger partial charge on any atom is 0.343 e. The lowest BCUT2D eigenvalue weighted by molar-refractivity contribution is -0.237. The van der Waals surface area contributed by atoms with E-state index in [1.165, 1.54) is 70.6 Å². The minimum atomic E-state index is -0.387. The zero-order valence-corrected chi connectivity index (χ0v) is 24.5. The lowest BCUT2D eigenvalue weighted by Crippen LogP contribution is -2.34. The van der Waals surface area contributed by atoms with Crippen LogP contribution in [0.2, 0.25) is 0 Å². The standard InChI is InChI=1S/C34H50O5/c1-4-6-8-10-12-14-16-30-26-37-34(38-27(30)3)29-19-23-32(24-20-29)39-33(35)28-17-21-31(22-18-28)36-25-15-13-11-9-7-5-2/h17-24,27,30,34H,4-16,25-26H2,1-3H3/t27-,30+,34+/m0/s1. The molecule has 1 aliphatic heterocycles. The van der Waals surface area contributed by atoms with Gasteiger partial charge in [0.15, 0.2) is 6.29 Å². The Labute approximate surface area is 236 Å². The molecule has 0 bridgehead atoms. The first-order chi connectivity index (χ1) is 19.1. The summed E-state index contributed by atoms with van der Waals surface area (Å²) in [6.07, 6.45) is 16.2. The topological polar surface area (TPSA) is 54.0 Å². The molecule has 39 heavy (non-hydrogen) atoms. The number of hydrogen-bond donors (Lipinski definition) is 0. The molecule has 0 spiro atoms. The number of esters is 1. The van der Waals surface area contributed by atoms with E-state index in [0.29, 0.717) is 23.8 Å². The van der Waals surface area contributed by atoms with Crippen LogP contribution in [0.25, 0.3) is 0 Å². The van der Waals surface area contributed by atoms with Gasteiger partial charge in [0.2, 0.25) is 0 Å². The van der Waals surface area contributed by atoms with E-state index in [0.717, 1.165) is 30.8 Å². The van der Waals surface area contributed by atoms with Gasteiger partial charge >= 0.3 is 5.97 Å². The molecule has 0 radical (unpaired) electrons. The Bertz CT molecular complexity index is 924.